The normalized spacial score (nSPS) is 10.7. The second kappa shape index (κ2) is 4.03. The largest absolute Gasteiger partial charge is 0.367 e. The van der Waals surface area contributed by atoms with Gasteiger partial charge in [0.25, 0.3) is 0 Å². The highest BCUT2D eigenvalue weighted by atomic mass is 16.5. The highest BCUT2D eigenvalue weighted by molar-refractivity contribution is 5.78. The SMILES string of the molecule is Cc1cnn(-c2ccccc2-c2cnoc2N)c1. The minimum atomic E-state index is 0.311. The van der Waals surface area contributed by atoms with Gasteiger partial charge in [-0.1, -0.05) is 23.4 Å². The van der Waals surface area contributed by atoms with Crippen molar-refractivity contribution in [2.45, 2.75) is 6.92 Å². The molecule has 0 aliphatic rings. The van der Waals surface area contributed by atoms with Gasteiger partial charge in [-0.25, -0.2) is 4.68 Å². The maximum absolute atomic E-state index is 5.77. The Hall–Kier alpha value is -2.56. The van der Waals surface area contributed by atoms with Crippen molar-refractivity contribution in [3.05, 3.63) is 48.4 Å². The summed E-state index contributed by atoms with van der Waals surface area (Å²) in [6.45, 7) is 2.00. The summed E-state index contributed by atoms with van der Waals surface area (Å²) in [5.41, 5.74) is 9.53. The van der Waals surface area contributed by atoms with E-state index in [0.29, 0.717) is 5.88 Å². The van der Waals surface area contributed by atoms with Crippen LogP contribution in [0.4, 0.5) is 5.88 Å². The molecule has 3 rings (SSSR count). The van der Waals surface area contributed by atoms with E-state index in [0.717, 1.165) is 22.4 Å². The molecule has 2 N–H and O–H groups in total. The molecule has 5 heteroatoms. The number of hydrogen-bond acceptors (Lipinski definition) is 4. The number of rotatable bonds is 2. The van der Waals surface area contributed by atoms with Crippen LogP contribution in [0.5, 0.6) is 0 Å². The van der Waals surface area contributed by atoms with E-state index < -0.39 is 0 Å². The Morgan fingerprint density at radius 1 is 1.17 bits per heavy atom. The molecular formula is C13H12N4O. The molecule has 5 nitrogen and oxygen atoms in total. The van der Waals surface area contributed by atoms with Crippen molar-refractivity contribution in [2.75, 3.05) is 5.73 Å². The van der Waals surface area contributed by atoms with E-state index in [2.05, 4.69) is 10.3 Å². The molecule has 2 aromatic heterocycles. The van der Waals surface area contributed by atoms with Crippen molar-refractivity contribution in [1.29, 1.82) is 0 Å². The quantitative estimate of drug-likeness (QED) is 0.746. The van der Waals surface area contributed by atoms with Crippen molar-refractivity contribution >= 4 is 5.88 Å². The van der Waals surface area contributed by atoms with Gasteiger partial charge < -0.3 is 10.3 Å². The molecule has 0 atom stereocenters. The second-order valence-electron chi connectivity index (χ2n) is 4.08. The van der Waals surface area contributed by atoms with Gasteiger partial charge in [-0.15, -0.1) is 0 Å². The highest BCUT2D eigenvalue weighted by Crippen LogP contribution is 2.30. The molecule has 2 heterocycles. The third-order valence-corrected chi connectivity index (χ3v) is 2.75. The number of hydrogen-bond donors (Lipinski definition) is 1. The van der Waals surface area contributed by atoms with E-state index in [1.165, 1.54) is 0 Å². The van der Waals surface area contributed by atoms with Gasteiger partial charge in [0.05, 0.1) is 23.6 Å². The van der Waals surface area contributed by atoms with Crippen LogP contribution in [-0.2, 0) is 0 Å². The van der Waals surface area contributed by atoms with Crippen LogP contribution in [0.15, 0.2) is 47.4 Å². The van der Waals surface area contributed by atoms with E-state index in [1.54, 1.807) is 6.20 Å². The first-order chi connectivity index (χ1) is 8.75. The van der Waals surface area contributed by atoms with Gasteiger partial charge in [0.15, 0.2) is 0 Å². The average molecular weight is 240 g/mol. The lowest BCUT2D eigenvalue weighted by molar-refractivity contribution is 0.436. The van der Waals surface area contributed by atoms with Crippen LogP contribution in [0.1, 0.15) is 5.56 Å². The first-order valence-electron chi connectivity index (χ1n) is 5.57. The van der Waals surface area contributed by atoms with Gasteiger partial charge in [-0.2, -0.15) is 5.10 Å². The Morgan fingerprint density at radius 2 is 2.00 bits per heavy atom. The predicted molar refractivity (Wildman–Crippen MR) is 68.2 cm³/mol. The van der Waals surface area contributed by atoms with Crippen LogP contribution in [0.3, 0.4) is 0 Å². The molecule has 3 aromatic rings. The summed E-state index contributed by atoms with van der Waals surface area (Å²) >= 11 is 0. The molecule has 18 heavy (non-hydrogen) atoms. The monoisotopic (exact) mass is 240 g/mol. The molecule has 0 radical (unpaired) electrons. The minimum Gasteiger partial charge on any atom is -0.367 e. The Labute approximate surface area is 104 Å². The second-order valence-corrected chi connectivity index (χ2v) is 4.08. The van der Waals surface area contributed by atoms with Gasteiger partial charge >= 0.3 is 0 Å². The number of nitrogen functional groups attached to an aromatic ring is 1. The van der Waals surface area contributed by atoms with Gasteiger partial charge in [0.2, 0.25) is 5.88 Å². The molecule has 0 saturated carbocycles. The van der Waals surface area contributed by atoms with Gasteiger partial charge in [-0.3, -0.25) is 0 Å². The van der Waals surface area contributed by atoms with E-state index in [1.807, 2.05) is 48.3 Å². The third-order valence-electron chi connectivity index (χ3n) is 2.75. The summed E-state index contributed by atoms with van der Waals surface area (Å²) in [5.74, 6) is 0.311. The Morgan fingerprint density at radius 3 is 2.67 bits per heavy atom. The highest BCUT2D eigenvalue weighted by Gasteiger charge is 2.12. The average Bonchev–Trinajstić information content (AvgIpc) is 2.98. The maximum atomic E-state index is 5.77. The van der Waals surface area contributed by atoms with Crippen LogP contribution in [0.25, 0.3) is 16.8 Å². The van der Waals surface area contributed by atoms with Crippen molar-refractivity contribution in [1.82, 2.24) is 14.9 Å². The zero-order valence-corrected chi connectivity index (χ0v) is 9.87. The molecule has 0 spiro atoms. The molecule has 1 aromatic carbocycles. The molecule has 90 valence electrons. The molecule has 0 bridgehead atoms. The van der Waals surface area contributed by atoms with Crippen molar-refractivity contribution < 1.29 is 4.52 Å². The Bertz CT molecular complexity index is 684. The zero-order chi connectivity index (χ0) is 12.5. The standard InChI is InChI=1S/C13H12N4O/c1-9-6-15-17(8-9)12-5-3-2-4-10(12)11-7-16-18-13(11)14/h2-8H,14H2,1H3. The molecule has 0 aliphatic heterocycles. The number of para-hydroxylation sites is 1. The first kappa shape index (κ1) is 10.6. The Kier molecular flexibility index (Phi) is 2.37. The fourth-order valence-corrected chi connectivity index (χ4v) is 1.90. The molecule has 0 aliphatic carbocycles. The number of aromatic nitrogens is 3. The lowest BCUT2D eigenvalue weighted by Gasteiger charge is -2.07. The van der Waals surface area contributed by atoms with E-state index in [9.17, 15) is 0 Å². The predicted octanol–water partition coefficient (Wildman–Crippen LogP) is 2.42. The summed E-state index contributed by atoms with van der Waals surface area (Å²) in [4.78, 5) is 0. The zero-order valence-electron chi connectivity index (χ0n) is 9.87. The molecule has 0 fully saturated rings. The van der Waals surface area contributed by atoms with Crippen LogP contribution < -0.4 is 5.73 Å². The minimum absolute atomic E-state index is 0.311. The third kappa shape index (κ3) is 1.66. The summed E-state index contributed by atoms with van der Waals surface area (Å²) in [5, 5.41) is 8.02. The molecule has 0 unspecified atom stereocenters. The topological polar surface area (TPSA) is 69.9 Å². The van der Waals surface area contributed by atoms with Crippen molar-refractivity contribution in [3.8, 4) is 16.8 Å². The summed E-state index contributed by atoms with van der Waals surface area (Å²) in [6, 6.07) is 7.85. The van der Waals surface area contributed by atoms with Crippen LogP contribution in [0, 0.1) is 6.92 Å². The number of aryl methyl sites for hydroxylation is 1. The fraction of sp³-hybridized carbons (Fsp3) is 0.0769. The molecular weight excluding hydrogens is 228 g/mol. The van der Waals surface area contributed by atoms with Gasteiger partial charge in [-0.05, 0) is 18.6 Å². The van der Waals surface area contributed by atoms with Crippen LogP contribution >= 0.6 is 0 Å². The van der Waals surface area contributed by atoms with E-state index in [4.69, 9.17) is 10.3 Å². The molecule has 0 saturated heterocycles. The fourth-order valence-electron chi connectivity index (χ4n) is 1.90. The lowest BCUT2D eigenvalue weighted by atomic mass is 10.1. The van der Waals surface area contributed by atoms with E-state index in [-0.39, 0.29) is 0 Å². The van der Waals surface area contributed by atoms with Crippen molar-refractivity contribution in [3.63, 3.8) is 0 Å². The smallest absolute Gasteiger partial charge is 0.230 e. The summed E-state index contributed by atoms with van der Waals surface area (Å²) in [7, 11) is 0. The number of nitrogens with zero attached hydrogens (tertiary/aromatic N) is 3. The number of anilines is 1. The Balaban J connectivity index is 2.20. The summed E-state index contributed by atoms with van der Waals surface area (Å²) in [6.07, 6.45) is 5.39. The molecule has 0 amide bonds. The van der Waals surface area contributed by atoms with Gasteiger partial charge in [0, 0.05) is 11.8 Å². The lowest BCUT2D eigenvalue weighted by Crippen LogP contribution is -1.97. The number of benzene rings is 1. The van der Waals surface area contributed by atoms with E-state index >= 15 is 0 Å². The van der Waals surface area contributed by atoms with Crippen molar-refractivity contribution in [2.24, 2.45) is 0 Å². The van der Waals surface area contributed by atoms with Gasteiger partial charge in [0.1, 0.15) is 0 Å². The van der Waals surface area contributed by atoms with Crippen LogP contribution in [0.2, 0.25) is 0 Å². The first-order valence-corrected chi connectivity index (χ1v) is 5.57. The number of nitrogens with two attached hydrogens (primary N) is 1. The van der Waals surface area contributed by atoms with Crippen LogP contribution in [-0.4, -0.2) is 14.9 Å². The summed E-state index contributed by atoms with van der Waals surface area (Å²) < 4.78 is 6.73. The maximum Gasteiger partial charge on any atom is 0.230 e.